The number of pyridine rings is 1. The first-order valence-electron chi connectivity index (χ1n) is 8.01. The lowest BCUT2D eigenvalue weighted by Gasteiger charge is -2.33. The van der Waals surface area contributed by atoms with Crippen molar-refractivity contribution in [1.82, 2.24) is 4.98 Å². The Hall–Kier alpha value is -1.28. The van der Waals surface area contributed by atoms with Crippen molar-refractivity contribution in [3.05, 3.63) is 36.0 Å². The van der Waals surface area contributed by atoms with Crippen molar-refractivity contribution in [2.45, 2.75) is 38.5 Å². The lowest BCUT2D eigenvalue weighted by molar-refractivity contribution is 0.377. The monoisotopic (exact) mass is 302 g/mol. The zero-order valence-corrected chi connectivity index (χ0v) is 13.4. The van der Waals surface area contributed by atoms with Gasteiger partial charge in [0, 0.05) is 18.5 Å². The van der Waals surface area contributed by atoms with Gasteiger partial charge in [0.15, 0.2) is 0 Å². The highest BCUT2D eigenvalue weighted by Gasteiger charge is 2.21. The zero-order chi connectivity index (χ0) is 14.7. The summed E-state index contributed by atoms with van der Waals surface area (Å²) in [5.41, 5.74) is 0.973. The maximum absolute atomic E-state index is 6.02. The highest BCUT2D eigenvalue weighted by molar-refractivity contribution is 6.17. The third kappa shape index (κ3) is 3.16. The first-order chi connectivity index (χ1) is 10.3. The lowest BCUT2D eigenvalue weighted by atomic mass is 9.92. The highest BCUT2D eigenvalue weighted by atomic mass is 35.5. The largest absolute Gasteiger partial charge is 0.356 e. The third-order valence-corrected chi connectivity index (χ3v) is 4.80. The number of piperidine rings is 1. The zero-order valence-electron chi connectivity index (χ0n) is 12.7. The molecule has 0 atom stereocenters. The molecule has 0 amide bonds. The van der Waals surface area contributed by atoms with E-state index in [-0.39, 0.29) is 0 Å². The summed E-state index contributed by atoms with van der Waals surface area (Å²) >= 11 is 6.02. The minimum atomic E-state index is 0.476. The van der Waals surface area contributed by atoms with Crippen LogP contribution in [0.1, 0.15) is 38.3 Å². The van der Waals surface area contributed by atoms with E-state index in [1.807, 2.05) is 0 Å². The van der Waals surface area contributed by atoms with Crippen LogP contribution >= 0.6 is 11.6 Å². The second-order valence-electron chi connectivity index (χ2n) is 6.01. The van der Waals surface area contributed by atoms with Crippen LogP contribution in [0.2, 0.25) is 0 Å². The van der Waals surface area contributed by atoms with E-state index in [1.165, 1.54) is 36.5 Å². The molecule has 0 spiro atoms. The Morgan fingerprint density at radius 1 is 1.24 bits per heavy atom. The van der Waals surface area contributed by atoms with Gasteiger partial charge in [-0.2, -0.15) is 0 Å². The second kappa shape index (κ2) is 6.65. The average Bonchev–Trinajstić information content (AvgIpc) is 2.55. The van der Waals surface area contributed by atoms with Gasteiger partial charge in [-0.3, -0.25) is 0 Å². The molecule has 0 saturated carbocycles. The van der Waals surface area contributed by atoms with Gasteiger partial charge >= 0.3 is 0 Å². The molecule has 1 aromatic carbocycles. The number of aromatic nitrogens is 1. The summed E-state index contributed by atoms with van der Waals surface area (Å²) in [4.78, 5) is 7.26. The Labute approximate surface area is 132 Å². The van der Waals surface area contributed by atoms with E-state index in [4.69, 9.17) is 16.6 Å². The lowest BCUT2D eigenvalue weighted by Crippen LogP contribution is -2.34. The van der Waals surface area contributed by atoms with Crippen LogP contribution in [0.3, 0.4) is 0 Å². The molecule has 3 rings (SSSR count). The Bertz CT molecular complexity index is 603. The summed E-state index contributed by atoms with van der Waals surface area (Å²) < 4.78 is 0. The Morgan fingerprint density at radius 3 is 2.71 bits per heavy atom. The number of fused-ring (bicyclic) bond motifs is 1. The summed E-state index contributed by atoms with van der Waals surface area (Å²) in [6.07, 6.45) is 5.24. The molecule has 1 aromatic heterocycles. The SMILES string of the molecule is CCCC1CCN(c2nc(CCl)cc3ccccc23)CC1. The molecule has 0 unspecified atom stereocenters. The van der Waals surface area contributed by atoms with E-state index in [1.54, 1.807) is 0 Å². The summed E-state index contributed by atoms with van der Waals surface area (Å²) in [6, 6.07) is 10.6. The standard InChI is InChI=1S/C18H23ClN2/c1-2-5-14-8-10-21(11-9-14)18-17-7-4-3-6-15(17)12-16(13-19)20-18/h3-4,6-7,12,14H,2,5,8-11,13H2,1H3. The smallest absolute Gasteiger partial charge is 0.136 e. The fourth-order valence-corrected chi connectivity index (χ4v) is 3.52. The number of hydrogen-bond donors (Lipinski definition) is 0. The Kier molecular flexibility index (Phi) is 4.64. The molecule has 21 heavy (non-hydrogen) atoms. The molecule has 1 fully saturated rings. The number of rotatable bonds is 4. The molecule has 0 N–H and O–H groups in total. The molecule has 0 bridgehead atoms. The molecule has 2 heterocycles. The quantitative estimate of drug-likeness (QED) is 0.740. The molecule has 112 valence electrons. The minimum absolute atomic E-state index is 0.476. The van der Waals surface area contributed by atoms with Crippen LogP contribution in [0, 0.1) is 5.92 Å². The molecular formula is C18H23ClN2. The predicted octanol–water partition coefficient (Wildman–Crippen LogP) is 4.99. The number of hydrogen-bond acceptors (Lipinski definition) is 2. The van der Waals surface area contributed by atoms with Crippen LogP contribution in [-0.4, -0.2) is 18.1 Å². The van der Waals surface area contributed by atoms with E-state index in [0.717, 1.165) is 30.5 Å². The number of benzene rings is 1. The van der Waals surface area contributed by atoms with Crippen molar-refractivity contribution in [2.75, 3.05) is 18.0 Å². The molecule has 3 heteroatoms. The fourth-order valence-electron chi connectivity index (χ4n) is 3.39. The summed E-state index contributed by atoms with van der Waals surface area (Å²) in [7, 11) is 0. The molecular weight excluding hydrogens is 280 g/mol. The van der Waals surface area contributed by atoms with Gasteiger partial charge in [0.1, 0.15) is 5.82 Å². The molecule has 1 aliphatic heterocycles. The van der Waals surface area contributed by atoms with Crippen molar-refractivity contribution in [3.8, 4) is 0 Å². The predicted molar refractivity (Wildman–Crippen MR) is 91.1 cm³/mol. The van der Waals surface area contributed by atoms with Gasteiger partial charge in [0.05, 0.1) is 11.6 Å². The van der Waals surface area contributed by atoms with Gasteiger partial charge < -0.3 is 4.90 Å². The van der Waals surface area contributed by atoms with Crippen molar-refractivity contribution in [2.24, 2.45) is 5.92 Å². The molecule has 2 nitrogen and oxygen atoms in total. The number of anilines is 1. The van der Waals surface area contributed by atoms with Crippen molar-refractivity contribution < 1.29 is 0 Å². The second-order valence-corrected chi connectivity index (χ2v) is 6.28. The van der Waals surface area contributed by atoms with Crippen LogP contribution in [0.4, 0.5) is 5.82 Å². The molecule has 2 aromatic rings. The van der Waals surface area contributed by atoms with Gasteiger partial charge in [0.25, 0.3) is 0 Å². The summed E-state index contributed by atoms with van der Waals surface area (Å²) in [6.45, 7) is 4.52. The fraction of sp³-hybridized carbons (Fsp3) is 0.500. The van der Waals surface area contributed by atoms with Crippen molar-refractivity contribution in [3.63, 3.8) is 0 Å². The normalized spacial score (nSPS) is 16.6. The summed E-state index contributed by atoms with van der Waals surface area (Å²) in [5, 5.41) is 2.49. The van der Waals surface area contributed by atoms with Gasteiger partial charge in [-0.05, 0) is 30.2 Å². The van der Waals surface area contributed by atoms with Crippen LogP contribution in [0.15, 0.2) is 30.3 Å². The third-order valence-electron chi connectivity index (χ3n) is 4.52. The molecule has 1 saturated heterocycles. The Morgan fingerprint density at radius 2 is 2.00 bits per heavy atom. The van der Waals surface area contributed by atoms with E-state index in [0.29, 0.717) is 5.88 Å². The van der Waals surface area contributed by atoms with E-state index < -0.39 is 0 Å². The minimum Gasteiger partial charge on any atom is -0.356 e. The van der Waals surface area contributed by atoms with Gasteiger partial charge in [-0.1, -0.05) is 44.0 Å². The van der Waals surface area contributed by atoms with Gasteiger partial charge in [-0.15, -0.1) is 11.6 Å². The number of halogens is 1. The van der Waals surface area contributed by atoms with Gasteiger partial charge in [-0.25, -0.2) is 4.98 Å². The van der Waals surface area contributed by atoms with Gasteiger partial charge in [0.2, 0.25) is 0 Å². The van der Waals surface area contributed by atoms with Crippen LogP contribution in [0.25, 0.3) is 10.8 Å². The van der Waals surface area contributed by atoms with E-state index >= 15 is 0 Å². The topological polar surface area (TPSA) is 16.1 Å². The average molecular weight is 303 g/mol. The maximum Gasteiger partial charge on any atom is 0.136 e. The molecule has 1 aliphatic rings. The highest BCUT2D eigenvalue weighted by Crippen LogP contribution is 2.30. The van der Waals surface area contributed by atoms with Crippen molar-refractivity contribution >= 4 is 28.2 Å². The Balaban J connectivity index is 1.89. The first-order valence-corrected chi connectivity index (χ1v) is 8.55. The van der Waals surface area contributed by atoms with Crippen LogP contribution in [-0.2, 0) is 5.88 Å². The number of nitrogens with zero attached hydrogens (tertiary/aromatic N) is 2. The molecule has 0 radical (unpaired) electrons. The number of alkyl halides is 1. The first kappa shape index (κ1) is 14.6. The van der Waals surface area contributed by atoms with Crippen LogP contribution < -0.4 is 4.90 Å². The molecule has 0 aliphatic carbocycles. The van der Waals surface area contributed by atoms with E-state index in [2.05, 4.69) is 42.2 Å². The van der Waals surface area contributed by atoms with E-state index in [9.17, 15) is 0 Å². The summed E-state index contributed by atoms with van der Waals surface area (Å²) in [5.74, 6) is 2.50. The van der Waals surface area contributed by atoms with Crippen molar-refractivity contribution in [1.29, 1.82) is 0 Å². The van der Waals surface area contributed by atoms with Crippen LogP contribution in [0.5, 0.6) is 0 Å². The maximum atomic E-state index is 6.02.